The number of piperidine rings is 1. The summed E-state index contributed by atoms with van der Waals surface area (Å²) in [6.07, 6.45) is 4.06. The van der Waals surface area contributed by atoms with E-state index in [9.17, 15) is 9.59 Å². The van der Waals surface area contributed by atoms with Gasteiger partial charge >= 0.3 is 12.1 Å². The Morgan fingerprint density at radius 1 is 1.29 bits per heavy atom. The number of cyclic esters (lactones) is 1. The highest BCUT2D eigenvalue weighted by Gasteiger charge is 2.29. The summed E-state index contributed by atoms with van der Waals surface area (Å²) in [6, 6.07) is 0.306. The van der Waals surface area contributed by atoms with Crippen molar-refractivity contribution in [2.24, 2.45) is 0 Å². The van der Waals surface area contributed by atoms with E-state index in [0.717, 1.165) is 0 Å². The molecule has 2 saturated heterocycles. The van der Waals surface area contributed by atoms with E-state index in [0.29, 0.717) is 50.8 Å². The summed E-state index contributed by atoms with van der Waals surface area (Å²) in [5.41, 5.74) is 0. The molecule has 0 spiro atoms. The third kappa shape index (κ3) is 3.84. The molecule has 2 fully saturated rings. The van der Waals surface area contributed by atoms with Gasteiger partial charge in [-0.15, -0.1) is 0 Å². The summed E-state index contributed by atoms with van der Waals surface area (Å²) in [5, 5.41) is 0. The third-order valence-electron chi connectivity index (χ3n) is 4.08. The minimum atomic E-state index is -0.418. The molecule has 9 nitrogen and oxygen atoms in total. The topological polar surface area (TPSA) is 94.1 Å². The average molecular weight is 336 g/mol. The first-order valence-corrected chi connectivity index (χ1v) is 7.88. The lowest BCUT2D eigenvalue weighted by Crippen LogP contribution is -2.46. The van der Waals surface area contributed by atoms with Crippen LogP contribution >= 0.6 is 0 Å². The van der Waals surface area contributed by atoms with Crippen LogP contribution in [0.4, 0.5) is 4.79 Å². The molecule has 24 heavy (non-hydrogen) atoms. The molecule has 0 N–H and O–H groups in total. The lowest BCUT2D eigenvalue weighted by atomic mass is 10.1. The van der Waals surface area contributed by atoms with Crippen LogP contribution in [-0.4, -0.2) is 77.8 Å². The molecule has 130 valence electrons. The van der Waals surface area contributed by atoms with Gasteiger partial charge in [0, 0.05) is 25.9 Å². The Morgan fingerprint density at radius 2 is 2.00 bits per heavy atom. The van der Waals surface area contributed by atoms with E-state index in [1.54, 1.807) is 24.4 Å². The van der Waals surface area contributed by atoms with Gasteiger partial charge in [-0.3, -0.25) is 9.69 Å². The van der Waals surface area contributed by atoms with E-state index < -0.39 is 6.09 Å². The fourth-order valence-electron chi connectivity index (χ4n) is 2.68. The Balaban J connectivity index is 1.44. The fraction of sp³-hybridized carbons (Fsp3) is 0.600. The number of rotatable bonds is 5. The van der Waals surface area contributed by atoms with Gasteiger partial charge in [0.15, 0.2) is 5.75 Å². The fourth-order valence-corrected chi connectivity index (χ4v) is 2.68. The molecule has 1 aromatic rings. The lowest BCUT2D eigenvalue weighted by Gasteiger charge is -2.32. The number of hydrogen-bond acceptors (Lipinski definition) is 7. The van der Waals surface area contributed by atoms with Gasteiger partial charge in [-0.25, -0.2) is 4.79 Å². The molecule has 0 bridgehead atoms. The predicted octanol–water partition coefficient (Wildman–Crippen LogP) is 0.307. The summed E-state index contributed by atoms with van der Waals surface area (Å²) < 4.78 is 15.6. The van der Waals surface area contributed by atoms with Crippen molar-refractivity contribution < 1.29 is 23.8 Å². The first-order chi connectivity index (χ1) is 11.7. The highest BCUT2D eigenvalue weighted by atomic mass is 16.6. The van der Waals surface area contributed by atoms with Gasteiger partial charge in [0.25, 0.3) is 0 Å². The number of carbonyl (C=O) groups is 2. The highest BCUT2D eigenvalue weighted by molar-refractivity contribution is 5.83. The maximum absolute atomic E-state index is 12.2. The number of likely N-dealkylation sites (tertiary alicyclic amines) is 1. The van der Waals surface area contributed by atoms with Gasteiger partial charge in [-0.2, -0.15) is 9.97 Å². The largest absolute Gasteiger partial charge is 0.494 e. The SMILES string of the molecule is COc1cnc(OC2CCN(C(=O)CN3CCOC3=O)CC2)nc1. The molecule has 0 radical (unpaired) electrons. The van der Waals surface area contributed by atoms with Crippen LogP contribution in [0.25, 0.3) is 0 Å². The van der Waals surface area contributed by atoms with E-state index >= 15 is 0 Å². The first-order valence-electron chi connectivity index (χ1n) is 7.88. The van der Waals surface area contributed by atoms with E-state index in [4.69, 9.17) is 14.2 Å². The molecule has 1 aromatic heterocycles. The van der Waals surface area contributed by atoms with Crippen molar-refractivity contribution >= 4 is 12.0 Å². The van der Waals surface area contributed by atoms with Crippen molar-refractivity contribution in [2.75, 3.05) is 39.9 Å². The predicted molar refractivity (Wildman–Crippen MR) is 81.7 cm³/mol. The number of carbonyl (C=O) groups excluding carboxylic acids is 2. The van der Waals surface area contributed by atoms with Gasteiger partial charge in [0.2, 0.25) is 5.91 Å². The Labute approximate surface area is 139 Å². The summed E-state index contributed by atoms with van der Waals surface area (Å²) >= 11 is 0. The molecule has 0 unspecified atom stereocenters. The number of nitrogens with zero attached hydrogens (tertiary/aromatic N) is 4. The zero-order chi connectivity index (χ0) is 16.9. The highest BCUT2D eigenvalue weighted by Crippen LogP contribution is 2.17. The molecule has 0 aromatic carbocycles. The first kappa shape index (κ1) is 16.3. The van der Waals surface area contributed by atoms with Gasteiger partial charge in [-0.05, 0) is 0 Å². The van der Waals surface area contributed by atoms with E-state index in [2.05, 4.69) is 9.97 Å². The molecule has 3 heterocycles. The molecule has 0 aliphatic carbocycles. The minimum Gasteiger partial charge on any atom is -0.494 e. The number of methoxy groups -OCH3 is 1. The van der Waals surface area contributed by atoms with Crippen LogP contribution in [0.15, 0.2) is 12.4 Å². The molecule has 2 amide bonds. The second kappa shape index (κ2) is 7.33. The quantitative estimate of drug-likeness (QED) is 0.763. The summed E-state index contributed by atoms with van der Waals surface area (Å²) in [5.74, 6) is 0.510. The van der Waals surface area contributed by atoms with Crippen molar-refractivity contribution in [3.63, 3.8) is 0 Å². The Kier molecular flexibility index (Phi) is 4.97. The molecule has 2 aliphatic heterocycles. The second-order valence-corrected chi connectivity index (χ2v) is 5.64. The number of aromatic nitrogens is 2. The van der Waals surface area contributed by atoms with Crippen molar-refractivity contribution in [1.82, 2.24) is 19.8 Å². The van der Waals surface area contributed by atoms with Crippen LogP contribution in [0.5, 0.6) is 11.8 Å². The smallest absolute Gasteiger partial charge is 0.410 e. The lowest BCUT2D eigenvalue weighted by molar-refractivity contribution is -0.133. The standard InChI is InChI=1S/C15H20N4O5/c1-22-12-8-16-14(17-9-12)24-11-2-4-18(5-3-11)13(20)10-19-6-7-23-15(19)21/h8-9,11H,2-7,10H2,1H3. The van der Waals surface area contributed by atoms with Crippen LogP contribution in [-0.2, 0) is 9.53 Å². The Hall–Kier alpha value is -2.58. The van der Waals surface area contributed by atoms with E-state index in [-0.39, 0.29) is 18.6 Å². The Morgan fingerprint density at radius 3 is 2.58 bits per heavy atom. The monoisotopic (exact) mass is 336 g/mol. The maximum Gasteiger partial charge on any atom is 0.410 e. The summed E-state index contributed by atoms with van der Waals surface area (Å²) in [4.78, 5) is 34.9. The minimum absolute atomic E-state index is 0.0285. The molecule has 2 aliphatic rings. The van der Waals surface area contributed by atoms with Crippen LogP contribution in [0.3, 0.4) is 0 Å². The van der Waals surface area contributed by atoms with Crippen LogP contribution in [0.1, 0.15) is 12.8 Å². The van der Waals surface area contributed by atoms with Crippen molar-refractivity contribution in [2.45, 2.75) is 18.9 Å². The maximum atomic E-state index is 12.2. The summed E-state index contributed by atoms with van der Waals surface area (Å²) in [7, 11) is 1.55. The van der Waals surface area contributed by atoms with Gasteiger partial charge in [0.05, 0.1) is 26.0 Å². The molecule has 3 rings (SSSR count). The van der Waals surface area contributed by atoms with E-state index in [1.165, 1.54) is 4.90 Å². The Bertz CT molecular complexity index is 586. The number of amides is 2. The van der Waals surface area contributed by atoms with E-state index in [1.807, 2.05) is 0 Å². The third-order valence-corrected chi connectivity index (χ3v) is 4.08. The number of ether oxygens (including phenoxy) is 3. The second-order valence-electron chi connectivity index (χ2n) is 5.64. The van der Waals surface area contributed by atoms with Crippen LogP contribution < -0.4 is 9.47 Å². The number of hydrogen-bond donors (Lipinski definition) is 0. The zero-order valence-corrected chi connectivity index (χ0v) is 13.5. The van der Waals surface area contributed by atoms with Crippen molar-refractivity contribution in [3.05, 3.63) is 12.4 Å². The molecular weight excluding hydrogens is 316 g/mol. The van der Waals surface area contributed by atoms with Crippen LogP contribution in [0.2, 0.25) is 0 Å². The molecule has 0 saturated carbocycles. The van der Waals surface area contributed by atoms with Crippen LogP contribution in [0, 0.1) is 0 Å². The van der Waals surface area contributed by atoms with Crippen molar-refractivity contribution in [3.8, 4) is 11.8 Å². The van der Waals surface area contributed by atoms with Gasteiger partial charge < -0.3 is 19.1 Å². The van der Waals surface area contributed by atoms with Gasteiger partial charge in [-0.1, -0.05) is 0 Å². The summed E-state index contributed by atoms with van der Waals surface area (Å²) in [6.45, 7) is 2.07. The molecule has 0 atom stereocenters. The molecule has 9 heteroatoms. The van der Waals surface area contributed by atoms with Gasteiger partial charge in [0.1, 0.15) is 19.3 Å². The normalized spacial score (nSPS) is 18.5. The van der Waals surface area contributed by atoms with Crippen molar-refractivity contribution in [1.29, 1.82) is 0 Å². The average Bonchev–Trinajstić information content (AvgIpc) is 3.01. The zero-order valence-electron chi connectivity index (χ0n) is 13.5. The molecular formula is C15H20N4O5.